The minimum absolute atomic E-state index is 0.0399. The first kappa shape index (κ1) is 14.4. The summed E-state index contributed by atoms with van der Waals surface area (Å²) in [7, 11) is -3.55. The Bertz CT molecular complexity index is 874. The number of benzene rings is 1. The maximum atomic E-state index is 12.3. The normalized spacial score (nSPS) is 11.5. The molecule has 0 radical (unpaired) electrons. The SMILES string of the molecule is Cc1cc(CS(=O)(=O)c2cnccn2)nn1-c1ccccc1. The molecule has 0 aliphatic carbocycles. The highest BCUT2D eigenvalue weighted by molar-refractivity contribution is 7.90. The van der Waals surface area contributed by atoms with Gasteiger partial charge in [-0.2, -0.15) is 5.10 Å². The number of aromatic nitrogens is 4. The van der Waals surface area contributed by atoms with Crippen LogP contribution in [0.4, 0.5) is 0 Å². The lowest BCUT2D eigenvalue weighted by molar-refractivity contribution is 0.590. The molecule has 0 unspecified atom stereocenters. The third-order valence-corrected chi connectivity index (χ3v) is 4.66. The molecule has 0 aliphatic rings. The fourth-order valence-electron chi connectivity index (χ4n) is 2.15. The smallest absolute Gasteiger partial charge is 0.202 e. The van der Waals surface area contributed by atoms with Crippen LogP contribution in [0.15, 0.2) is 60.0 Å². The summed E-state index contributed by atoms with van der Waals surface area (Å²) in [5.74, 6) is -0.202. The van der Waals surface area contributed by atoms with Gasteiger partial charge in [0, 0.05) is 18.1 Å². The van der Waals surface area contributed by atoms with Crippen LogP contribution in [0.5, 0.6) is 0 Å². The van der Waals surface area contributed by atoms with Crippen LogP contribution in [-0.4, -0.2) is 28.2 Å². The number of aryl methyl sites for hydroxylation is 1. The van der Waals surface area contributed by atoms with Crippen LogP contribution < -0.4 is 0 Å². The lowest BCUT2D eigenvalue weighted by Gasteiger charge is -2.03. The topological polar surface area (TPSA) is 77.7 Å². The minimum atomic E-state index is -3.55. The molecule has 0 spiro atoms. The largest absolute Gasteiger partial charge is 0.260 e. The molecule has 22 heavy (non-hydrogen) atoms. The molecule has 0 saturated carbocycles. The molecule has 0 N–H and O–H groups in total. The van der Waals surface area contributed by atoms with Crippen molar-refractivity contribution in [3.05, 3.63) is 66.4 Å². The Labute approximate surface area is 128 Å². The van der Waals surface area contributed by atoms with Gasteiger partial charge in [0.2, 0.25) is 9.84 Å². The molecule has 0 fully saturated rings. The molecule has 1 aromatic carbocycles. The molecule has 2 aromatic heterocycles. The molecule has 3 aromatic rings. The van der Waals surface area contributed by atoms with Crippen molar-refractivity contribution in [1.29, 1.82) is 0 Å². The Morgan fingerprint density at radius 2 is 1.91 bits per heavy atom. The second-order valence-electron chi connectivity index (χ2n) is 4.83. The van der Waals surface area contributed by atoms with Crippen LogP contribution in [0.1, 0.15) is 11.4 Å². The van der Waals surface area contributed by atoms with Gasteiger partial charge in [0.05, 0.1) is 17.6 Å². The summed E-state index contributed by atoms with van der Waals surface area (Å²) in [5, 5.41) is 4.34. The number of hydrogen-bond donors (Lipinski definition) is 0. The van der Waals surface area contributed by atoms with E-state index in [0.717, 1.165) is 11.4 Å². The van der Waals surface area contributed by atoms with Gasteiger partial charge < -0.3 is 0 Å². The van der Waals surface area contributed by atoms with E-state index in [-0.39, 0.29) is 10.8 Å². The monoisotopic (exact) mass is 314 g/mol. The van der Waals surface area contributed by atoms with E-state index in [1.807, 2.05) is 37.3 Å². The van der Waals surface area contributed by atoms with Crippen LogP contribution in [0.2, 0.25) is 0 Å². The molecule has 0 bridgehead atoms. The van der Waals surface area contributed by atoms with E-state index in [4.69, 9.17) is 0 Å². The number of sulfone groups is 1. The fraction of sp³-hybridized carbons (Fsp3) is 0.133. The Hall–Kier alpha value is -2.54. The van der Waals surface area contributed by atoms with Crippen LogP contribution in [-0.2, 0) is 15.6 Å². The van der Waals surface area contributed by atoms with Gasteiger partial charge in [-0.1, -0.05) is 18.2 Å². The van der Waals surface area contributed by atoms with E-state index < -0.39 is 9.84 Å². The highest BCUT2D eigenvalue weighted by atomic mass is 32.2. The summed E-state index contributed by atoms with van der Waals surface area (Å²) in [6, 6.07) is 11.3. The molecular formula is C15H14N4O2S. The summed E-state index contributed by atoms with van der Waals surface area (Å²) in [6.45, 7) is 1.89. The van der Waals surface area contributed by atoms with Gasteiger partial charge in [-0.15, -0.1) is 0 Å². The van der Waals surface area contributed by atoms with Gasteiger partial charge in [-0.3, -0.25) is 4.98 Å². The van der Waals surface area contributed by atoms with E-state index in [0.29, 0.717) is 5.69 Å². The van der Waals surface area contributed by atoms with Crippen molar-refractivity contribution >= 4 is 9.84 Å². The van der Waals surface area contributed by atoms with E-state index in [2.05, 4.69) is 15.1 Å². The van der Waals surface area contributed by atoms with Crippen molar-refractivity contribution in [2.75, 3.05) is 0 Å². The van der Waals surface area contributed by atoms with Gasteiger partial charge in [0.15, 0.2) is 5.03 Å². The van der Waals surface area contributed by atoms with Crippen LogP contribution in [0, 0.1) is 6.92 Å². The van der Waals surface area contributed by atoms with Crippen LogP contribution >= 0.6 is 0 Å². The zero-order chi connectivity index (χ0) is 15.6. The summed E-state index contributed by atoms with van der Waals surface area (Å²) in [4.78, 5) is 7.64. The van der Waals surface area contributed by atoms with Crippen molar-refractivity contribution < 1.29 is 8.42 Å². The molecule has 3 rings (SSSR count). The molecule has 7 heteroatoms. The molecular weight excluding hydrogens is 300 g/mol. The summed E-state index contributed by atoms with van der Waals surface area (Å²) >= 11 is 0. The number of rotatable bonds is 4. The van der Waals surface area contributed by atoms with Crippen molar-refractivity contribution in [2.45, 2.75) is 17.7 Å². The van der Waals surface area contributed by atoms with Crippen molar-refractivity contribution in [3.63, 3.8) is 0 Å². The number of hydrogen-bond acceptors (Lipinski definition) is 5. The molecule has 0 atom stereocenters. The van der Waals surface area contributed by atoms with Gasteiger partial charge in [-0.25, -0.2) is 18.1 Å². The van der Waals surface area contributed by atoms with Crippen LogP contribution in [0.25, 0.3) is 5.69 Å². The van der Waals surface area contributed by atoms with Crippen molar-refractivity contribution in [2.24, 2.45) is 0 Å². The average Bonchev–Trinajstić information content (AvgIpc) is 2.89. The maximum Gasteiger partial charge on any atom is 0.202 e. The van der Waals surface area contributed by atoms with Gasteiger partial charge in [0.25, 0.3) is 0 Å². The molecule has 0 amide bonds. The first-order valence-corrected chi connectivity index (χ1v) is 8.31. The quantitative estimate of drug-likeness (QED) is 0.735. The highest BCUT2D eigenvalue weighted by Gasteiger charge is 2.19. The predicted molar refractivity (Wildman–Crippen MR) is 81.2 cm³/mol. The Morgan fingerprint density at radius 3 is 2.59 bits per heavy atom. The first-order valence-electron chi connectivity index (χ1n) is 6.66. The van der Waals surface area contributed by atoms with Crippen LogP contribution in [0.3, 0.4) is 0 Å². The molecule has 0 aliphatic heterocycles. The third kappa shape index (κ3) is 2.89. The second-order valence-corrected chi connectivity index (χ2v) is 6.76. The summed E-state index contributed by atoms with van der Waals surface area (Å²) < 4.78 is 26.3. The minimum Gasteiger partial charge on any atom is -0.260 e. The zero-order valence-corrected chi connectivity index (χ0v) is 12.7. The fourth-order valence-corrected chi connectivity index (χ4v) is 3.28. The Morgan fingerprint density at radius 1 is 1.14 bits per heavy atom. The summed E-state index contributed by atoms with van der Waals surface area (Å²) in [6.07, 6.45) is 4.05. The molecule has 6 nitrogen and oxygen atoms in total. The van der Waals surface area contributed by atoms with E-state index in [9.17, 15) is 8.42 Å². The molecule has 0 saturated heterocycles. The van der Waals surface area contributed by atoms with E-state index in [1.165, 1.54) is 18.6 Å². The summed E-state index contributed by atoms with van der Waals surface area (Å²) in [5.41, 5.74) is 2.24. The van der Waals surface area contributed by atoms with Crippen molar-refractivity contribution in [3.8, 4) is 5.69 Å². The van der Waals surface area contributed by atoms with Crippen molar-refractivity contribution in [1.82, 2.24) is 19.7 Å². The van der Waals surface area contributed by atoms with Gasteiger partial charge in [-0.05, 0) is 25.1 Å². The average molecular weight is 314 g/mol. The van der Waals surface area contributed by atoms with E-state index >= 15 is 0 Å². The Kier molecular flexibility index (Phi) is 3.72. The van der Waals surface area contributed by atoms with Gasteiger partial charge >= 0.3 is 0 Å². The van der Waals surface area contributed by atoms with Gasteiger partial charge in [0.1, 0.15) is 5.75 Å². The number of nitrogens with zero attached hydrogens (tertiary/aromatic N) is 4. The predicted octanol–water partition coefficient (Wildman–Crippen LogP) is 1.94. The third-order valence-electron chi connectivity index (χ3n) is 3.13. The maximum absolute atomic E-state index is 12.3. The second kappa shape index (κ2) is 5.69. The standard InChI is InChI=1S/C15H14N4O2S/c1-12-9-13(18-19(12)14-5-3-2-4-6-14)11-22(20,21)15-10-16-7-8-17-15/h2-10H,11H2,1H3. The molecule has 2 heterocycles. The Balaban J connectivity index is 1.92. The number of para-hydroxylation sites is 1. The zero-order valence-electron chi connectivity index (χ0n) is 11.9. The molecule has 112 valence electrons. The lowest BCUT2D eigenvalue weighted by Crippen LogP contribution is -2.08. The first-order chi connectivity index (χ1) is 10.6. The highest BCUT2D eigenvalue weighted by Crippen LogP contribution is 2.16. The van der Waals surface area contributed by atoms with E-state index in [1.54, 1.807) is 10.7 Å². The lowest BCUT2D eigenvalue weighted by atomic mass is 10.3.